The summed E-state index contributed by atoms with van der Waals surface area (Å²) in [5.41, 5.74) is 4.36. The summed E-state index contributed by atoms with van der Waals surface area (Å²) in [6, 6.07) is 8.30. The molecule has 5 heteroatoms. The molecule has 0 bridgehead atoms. The van der Waals surface area contributed by atoms with Crippen LogP contribution in [0, 0.1) is 13.8 Å². The SMILES string of the molecule is CCC(C)c1ccc(C(CC)NC(=O)C(C)n2nc(C)c(Br)c2C)cc1. The zero-order valence-corrected chi connectivity index (χ0v) is 18.2. The molecule has 2 rings (SSSR count). The van der Waals surface area contributed by atoms with Gasteiger partial charge >= 0.3 is 0 Å². The highest BCUT2D eigenvalue weighted by atomic mass is 79.9. The lowest BCUT2D eigenvalue weighted by molar-refractivity contribution is -0.125. The van der Waals surface area contributed by atoms with Crippen molar-refractivity contribution in [3.05, 3.63) is 51.3 Å². The molecule has 0 aliphatic carbocycles. The minimum atomic E-state index is -0.353. The molecule has 26 heavy (non-hydrogen) atoms. The van der Waals surface area contributed by atoms with Gasteiger partial charge in [-0.25, -0.2) is 0 Å². The number of carbonyl (C=O) groups excluding carboxylic acids is 1. The molecule has 1 aromatic heterocycles. The zero-order chi connectivity index (χ0) is 19.4. The highest BCUT2D eigenvalue weighted by Crippen LogP contribution is 2.25. The Morgan fingerprint density at radius 3 is 2.15 bits per heavy atom. The first-order valence-corrected chi connectivity index (χ1v) is 10.2. The van der Waals surface area contributed by atoms with Crippen LogP contribution >= 0.6 is 15.9 Å². The van der Waals surface area contributed by atoms with E-state index in [4.69, 9.17) is 0 Å². The van der Waals surface area contributed by atoms with Crippen molar-refractivity contribution in [2.45, 2.75) is 72.4 Å². The van der Waals surface area contributed by atoms with E-state index in [0.717, 1.165) is 34.3 Å². The Kier molecular flexibility index (Phi) is 7.04. The molecule has 1 N–H and O–H groups in total. The summed E-state index contributed by atoms with van der Waals surface area (Å²) in [4.78, 5) is 12.8. The molecular weight excluding hydrogens is 390 g/mol. The van der Waals surface area contributed by atoms with Crippen LogP contribution in [0.2, 0.25) is 0 Å². The molecule has 0 fully saturated rings. The molecule has 0 spiro atoms. The number of aromatic nitrogens is 2. The van der Waals surface area contributed by atoms with Crippen LogP contribution in [0.5, 0.6) is 0 Å². The van der Waals surface area contributed by atoms with Crippen LogP contribution in [-0.2, 0) is 4.79 Å². The van der Waals surface area contributed by atoms with Gasteiger partial charge in [0, 0.05) is 0 Å². The molecule has 1 amide bonds. The van der Waals surface area contributed by atoms with Gasteiger partial charge in [0.2, 0.25) is 5.91 Å². The largest absolute Gasteiger partial charge is 0.347 e. The molecule has 0 radical (unpaired) electrons. The number of hydrogen-bond acceptors (Lipinski definition) is 2. The van der Waals surface area contributed by atoms with Crippen molar-refractivity contribution in [1.82, 2.24) is 15.1 Å². The first-order chi connectivity index (χ1) is 12.3. The van der Waals surface area contributed by atoms with Gasteiger partial charge in [-0.05, 0) is 66.6 Å². The van der Waals surface area contributed by atoms with Crippen molar-refractivity contribution >= 4 is 21.8 Å². The molecule has 0 saturated carbocycles. The third-order valence-corrected chi connectivity index (χ3v) is 6.38. The topological polar surface area (TPSA) is 46.9 Å². The van der Waals surface area contributed by atoms with Crippen LogP contribution in [-0.4, -0.2) is 15.7 Å². The maximum Gasteiger partial charge on any atom is 0.245 e. The van der Waals surface area contributed by atoms with E-state index in [0.29, 0.717) is 5.92 Å². The van der Waals surface area contributed by atoms with Gasteiger partial charge in [-0.1, -0.05) is 45.0 Å². The van der Waals surface area contributed by atoms with Crippen LogP contribution in [0.25, 0.3) is 0 Å². The summed E-state index contributed by atoms with van der Waals surface area (Å²) < 4.78 is 2.75. The van der Waals surface area contributed by atoms with Gasteiger partial charge in [0.05, 0.1) is 21.9 Å². The maximum absolute atomic E-state index is 12.8. The third kappa shape index (κ3) is 4.37. The lowest BCUT2D eigenvalue weighted by Gasteiger charge is -2.22. The number of rotatable bonds is 7. The van der Waals surface area contributed by atoms with Crippen molar-refractivity contribution in [3.63, 3.8) is 0 Å². The van der Waals surface area contributed by atoms with Crippen LogP contribution in [0.4, 0.5) is 0 Å². The predicted molar refractivity (Wildman–Crippen MR) is 110 cm³/mol. The normalized spacial score (nSPS) is 14.7. The van der Waals surface area contributed by atoms with Gasteiger partial charge in [0.1, 0.15) is 6.04 Å². The number of nitrogens with one attached hydrogen (secondary N) is 1. The monoisotopic (exact) mass is 419 g/mol. The maximum atomic E-state index is 12.8. The van der Waals surface area contributed by atoms with E-state index < -0.39 is 0 Å². The van der Waals surface area contributed by atoms with E-state index in [1.807, 2.05) is 20.8 Å². The fourth-order valence-electron chi connectivity index (χ4n) is 3.14. The summed E-state index contributed by atoms with van der Waals surface area (Å²) in [5, 5.41) is 7.67. The molecule has 0 saturated heterocycles. The fourth-order valence-corrected chi connectivity index (χ4v) is 3.40. The summed E-state index contributed by atoms with van der Waals surface area (Å²) in [5.74, 6) is 0.546. The number of hydrogen-bond donors (Lipinski definition) is 1. The molecule has 3 unspecified atom stereocenters. The molecule has 0 aliphatic rings. The molecule has 142 valence electrons. The Morgan fingerprint density at radius 2 is 1.69 bits per heavy atom. The highest BCUT2D eigenvalue weighted by molar-refractivity contribution is 9.10. The summed E-state index contributed by atoms with van der Waals surface area (Å²) in [6.45, 7) is 12.3. The van der Waals surface area contributed by atoms with Crippen molar-refractivity contribution < 1.29 is 4.79 Å². The average molecular weight is 420 g/mol. The number of nitrogens with zero attached hydrogens (tertiary/aromatic N) is 2. The first kappa shape index (κ1) is 20.7. The van der Waals surface area contributed by atoms with Crippen molar-refractivity contribution in [1.29, 1.82) is 0 Å². The zero-order valence-electron chi connectivity index (χ0n) is 16.6. The number of amides is 1. The number of halogens is 1. The Balaban J connectivity index is 2.13. The number of carbonyl (C=O) groups is 1. The van der Waals surface area contributed by atoms with E-state index in [2.05, 4.69) is 71.4 Å². The second-order valence-electron chi connectivity index (χ2n) is 7.05. The Morgan fingerprint density at radius 1 is 1.12 bits per heavy atom. The second kappa shape index (κ2) is 8.85. The Bertz CT molecular complexity index is 751. The molecule has 2 aromatic rings. The van der Waals surface area contributed by atoms with Gasteiger partial charge in [0.25, 0.3) is 0 Å². The predicted octanol–water partition coefficient (Wildman–Crippen LogP) is 5.60. The lowest BCUT2D eigenvalue weighted by Crippen LogP contribution is -2.34. The van der Waals surface area contributed by atoms with Gasteiger partial charge < -0.3 is 5.32 Å². The van der Waals surface area contributed by atoms with Crippen LogP contribution in [0.3, 0.4) is 0 Å². The second-order valence-corrected chi connectivity index (χ2v) is 7.84. The van der Waals surface area contributed by atoms with Gasteiger partial charge in [0.15, 0.2) is 0 Å². The Hall–Kier alpha value is -1.62. The fraction of sp³-hybridized carbons (Fsp3) is 0.524. The molecule has 3 atom stereocenters. The first-order valence-electron chi connectivity index (χ1n) is 9.41. The van der Waals surface area contributed by atoms with E-state index in [1.165, 1.54) is 5.56 Å². The summed E-state index contributed by atoms with van der Waals surface area (Å²) in [7, 11) is 0. The van der Waals surface area contributed by atoms with Crippen molar-refractivity contribution in [3.8, 4) is 0 Å². The van der Waals surface area contributed by atoms with Crippen molar-refractivity contribution in [2.24, 2.45) is 0 Å². The standard InChI is InChI=1S/C21H30BrN3O/c1-7-13(3)17-9-11-18(12-10-17)19(8-2)23-21(26)16(6)25-15(5)20(22)14(4)24-25/h9-13,16,19H,7-8H2,1-6H3,(H,23,26). The molecule has 1 aromatic carbocycles. The van der Waals surface area contributed by atoms with E-state index in [1.54, 1.807) is 4.68 Å². The molecule has 4 nitrogen and oxygen atoms in total. The van der Waals surface area contributed by atoms with Crippen LogP contribution < -0.4 is 5.32 Å². The lowest BCUT2D eigenvalue weighted by atomic mass is 9.95. The third-order valence-electron chi connectivity index (χ3n) is 5.23. The van der Waals surface area contributed by atoms with Crippen molar-refractivity contribution in [2.75, 3.05) is 0 Å². The molecular formula is C21H30BrN3O. The summed E-state index contributed by atoms with van der Waals surface area (Å²) in [6.07, 6.45) is 1.98. The van der Waals surface area contributed by atoms with Gasteiger partial charge in [-0.15, -0.1) is 0 Å². The molecule has 0 aliphatic heterocycles. The van der Waals surface area contributed by atoms with E-state index in [-0.39, 0.29) is 18.0 Å². The van der Waals surface area contributed by atoms with E-state index in [9.17, 15) is 4.79 Å². The minimum absolute atomic E-state index is 0.0105. The van der Waals surface area contributed by atoms with Crippen LogP contribution in [0.15, 0.2) is 28.7 Å². The van der Waals surface area contributed by atoms with Crippen LogP contribution in [0.1, 0.15) is 81.1 Å². The molecule has 1 heterocycles. The quantitative estimate of drug-likeness (QED) is 0.634. The number of benzene rings is 1. The average Bonchev–Trinajstić information content (AvgIpc) is 2.92. The highest BCUT2D eigenvalue weighted by Gasteiger charge is 2.23. The van der Waals surface area contributed by atoms with Gasteiger partial charge in [-0.2, -0.15) is 5.10 Å². The smallest absolute Gasteiger partial charge is 0.245 e. The Labute approximate surface area is 165 Å². The number of aryl methyl sites for hydroxylation is 1. The summed E-state index contributed by atoms with van der Waals surface area (Å²) >= 11 is 3.53. The minimum Gasteiger partial charge on any atom is -0.347 e. The van der Waals surface area contributed by atoms with Gasteiger partial charge in [-0.3, -0.25) is 9.48 Å². The van der Waals surface area contributed by atoms with E-state index >= 15 is 0 Å².